The van der Waals surface area contributed by atoms with Crippen molar-refractivity contribution in [3.8, 4) is 0 Å². The van der Waals surface area contributed by atoms with Gasteiger partial charge in [0.1, 0.15) is 0 Å². The zero-order chi connectivity index (χ0) is 22.3. The molecule has 0 radical (unpaired) electrons. The van der Waals surface area contributed by atoms with Crippen LogP contribution >= 0.6 is 0 Å². The topological polar surface area (TPSA) is 26.3 Å². The molecule has 0 fully saturated rings. The molecule has 0 saturated carbocycles. The minimum Gasteiger partial charge on any atom is -0.465 e. The second-order valence-electron chi connectivity index (χ2n) is 9.94. The van der Waals surface area contributed by atoms with E-state index >= 15 is 0 Å². The normalized spacial score (nSPS) is 13.3. The van der Waals surface area contributed by atoms with E-state index in [1.54, 1.807) is 0 Å². The molecule has 0 N–H and O–H groups in total. The van der Waals surface area contributed by atoms with E-state index in [4.69, 9.17) is 4.74 Å². The van der Waals surface area contributed by atoms with Crippen molar-refractivity contribution in [2.45, 2.75) is 156 Å². The molecule has 0 saturated heterocycles. The van der Waals surface area contributed by atoms with Crippen LogP contribution in [0, 0.1) is 11.8 Å². The van der Waals surface area contributed by atoms with E-state index in [1.165, 1.54) is 109 Å². The molecule has 0 aliphatic carbocycles. The van der Waals surface area contributed by atoms with Gasteiger partial charge >= 0.3 is 5.97 Å². The number of ether oxygens (including phenoxy) is 1. The summed E-state index contributed by atoms with van der Waals surface area (Å²) in [4.78, 5) is 11.8. The molecule has 2 nitrogen and oxygen atoms in total. The lowest BCUT2D eigenvalue weighted by Gasteiger charge is -2.15. The van der Waals surface area contributed by atoms with Crippen molar-refractivity contribution in [3.63, 3.8) is 0 Å². The number of carbonyl (C=O) groups excluding carboxylic acids is 1. The molecule has 0 aromatic carbocycles. The van der Waals surface area contributed by atoms with Gasteiger partial charge in [-0.2, -0.15) is 0 Å². The van der Waals surface area contributed by atoms with E-state index < -0.39 is 0 Å². The van der Waals surface area contributed by atoms with Crippen molar-refractivity contribution < 1.29 is 9.53 Å². The number of hydrogen-bond acceptors (Lipinski definition) is 2. The molecule has 2 atom stereocenters. The zero-order valence-corrected chi connectivity index (χ0v) is 21.3. The summed E-state index contributed by atoms with van der Waals surface area (Å²) in [5.74, 6) is 1.22. The SMILES string of the molecule is CCCCCCCCCCCCCCCCCCCC(=O)OC[C@@H](C)C[C@@H](C)CC. The summed E-state index contributed by atoms with van der Waals surface area (Å²) in [6.07, 6.45) is 26.3. The smallest absolute Gasteiger partial charge is 0.305 e. The molecule has 0 aromatic heterocycles. The van der Waals surface area contributed by atoms with Crippen molar-refractivity contribution in [1.29, 1.82) is 0 Å². The van der Waals surface area contributed by atoms with Crippen LogP contribution in [-0.4, -0.2) is 12.6 Å². The number of unbranched alkanes of at least 4 members (excludes halogenated alkanes) is 16. The molecular weight excluding hydrogens is 368 g/mol. The van der Waals surface area contributed by atoms with Crippen molar-refractivity contribution in [2.24, 2.45) is 11.8 Å². The molecule has 0 spiro atoms. The van der Waals surface area contributed by atoms with Crippen LogP contribution in [0.15, 0.2) is 0 Å². The largest absolute Gasteiger partial charge is 0.465 e. The second-order valence-corrected chi connectivity index (χ2v) is 9.94. The molecule has 0 amide bonds. The van der Waals surface area contributed by atoms with Crippen LogP contribution in [0.25, 0.3) is 0 Å². The molecule has 2 heteroatoms. The van der Waals surface area contributed by atoms with Crippen LogP contribution in [-0.2, 0) is 9.53 Å². The van der Waals surface area contributed by atoms with E-state index in [2.05, 4.69) is 27.7 Å². The van der Waals surface area contributed by atoms with Gasteiger partial charge in [0.15, 0.2) is 0 Å². The lowest BCUT2D eigenvalue weighted by molar-refractivity contribution is -0.145. The van der Waals surface area contributed by atoms with Gasteiger partial charge in [-0.3, -0.25) is 4.79 Å². The van der Waals surface area contributed by atoms with Gasteiger partial charge in [0, 0.05) is 6.42 Å². The van der Waals surface area contributed by atoms with Crippen molar-refractivity contribution >= 4 is 5.97 Å². The quantitative estimate of drug-likeness (QED) is 0.120. The lowest BCUT2D eigenvalue weighted by Crippen LogP contribution is -2.14. The first-order valence-corrected chi connectivity index (χ1v) is 13.8. The molecule has 0 aliphatic rings. The molecule has 0 aliphatic heterocycles. The van der Waals surface area contributed by atoms with Gasteiger partial charge in [0.05, 0.1) is 6.61 Å². The first kappa shape index (κ1) is 29.5. The third-order valence-corrected chi connectivity index (χ3v) is 6.51. The summed E-state index contributed by atoms with van der Waals surface area (Å²) < 4.78 is 5.44. The van der Waals surface area contributed by atoms with Crippen LogP contribution < -0.4 is 0 Å². The Bertz CT molecular complexity index is 353. The predicted molar refractivity (Wildman–Crippen MR) is 133 cm³/mol. The highest BCUT2D eigenvalue weighted by atomic mass is 16.5. The van der Waals surface area contributed by atoms with E-state index in [0.29, 0.717) is 18.9 Å². The summed E-state index contributed by atoms with van der Waals surface area (Å²) in [5, 5.41) is 0. The average Bonchev–Trinajstić information content (AvgIpc) is 2.74. The number of rotatable bonds is 23. The Morgan fingerprint density at radius 1 is 0.600 bits per heavy atom. The van der Waals surface area contributed by atoms with E-state index in [9.17, 15) is 4.79 Å². The Morgan fingerprint density at radius 3 is 1.40 bits per heavy atom. The molecule has 0 unspecified atom stereocenters. The lowest BCUT2D eigenvalue weighted by atomic mass is 9.96. The Kier molecular flexibility index (Phi) is 22.7. The molecule has 180 valence electrons. The van der Waals surface area contributed by atoms with Gasteiger partial charge < -0.3 is 4.74 Å². The summed E-state index contributed by atoms with van der Waals surface area (Å²) >= 11 is 0. The maximum absolute atomic E-state index is 11.8. The fourth-order valence-corrected chi connectivity index (χ4v) is 4.22. The van der Waals surface area contributed by atoms with E-state index in [-0.39, 0.29) is 5.97 Å². The van der Waals surface area contributed by atoms with Crippen LogP contribution in [0.3, 0.4) is 0 Å². The Balaban J connectivity index is 3.23. The molecule has 0 bridgehead atoms. The third-order valence-electron chi connectivity index (χ3n) is 6.51. The maximum Gasteiger partial charge on any atom is 0.305 e. The van der Waals surface area contributed by atoms with Crippen LogP contribution in [0.4, 0.5) is 0 Å². The number of hydrogen-bond donors (Lipinski definition) is 0. The summed E-state index contributed by atoms with van der Waals surface area (Å²) in [5.41, 5.74) is 0. The minimum absolute atomic E-state index is 0.00645. The summed E-state index contributed by atoms with van der Waals surface area (Å²) in [7, 11) is 0. The molecular formula is C28H56O2. The monoisotopic (exact) mass is 424 g/mol. The van der Waals surface area contributed by atoms with E-state index in [0.717, 1.165) is 18.8 Å². The van der Waals surface area contributed by atoms with Gasteiger partial charge in [-0.15, -0.1) is 0 Å². The van der Waals surface area contributed by atoms with Gasteiger partial charge in [0.2, 0.25) is 0 Å². The average molecular weight is 425 g/mol. The highest BCUT2D eigenvalue weighted by Gasteiger charge is 2.10. The number of esters is 1. The molecule has 30 heavy (non-hydrogen) atoms. The highest BCUT2D eigenvalue weighted by Crippen LogP contribution is 2.16. The van der Waals surface area contributed by atoms with Gasteiger partial charge in [0.25, 0.3) is 0 Å². The Morgan fingerprint density at radius 2 is 1.00 bits per heavy atom. The highest BCUT2D eigenvalue weighted by molar-refractivity contribution is 5.69. The van der Waals surface area contributed by atoms with Crippen molar-refractivity contribution in [3.05, 3.63) is 0 Å². The zero-order valence-electron chi connectivity index (χ0n) is 21.3. The Labute approximate surface area is 190 Å². The summed E-state index contributed by atoms with van der Waals surface area (Å²) in [6.45, 7) is 9.57. The number of carbonyl (C=O) groups is 1. The van der Waals surface area contributed by atoms with Crippen LogP contribution in [0.1, 0.15) is 156 Å². The van der Waals surface area contributed by atoms with Gasteiger partial charge in [-0.05, 0) is 24.7 Å². The Hall–Kier alpha value is -0.530. The molecule has 0 aromatic rings. The van der Waals surface area contributed by atoms with Crippen molar-refractivity contribution in [2.75, 3.05) is 6.61 Å². The van der Waals surface area contributed by atoms with Gasteiger partial charge in [-0.25, -0.2) is 0 Å². The standard InChI is InChI=1S/C28H56O2/c1-5-7-8-9-10-11-12-13-14-15-16-17-18-19-20-21-22-23-28(29)30-25-27(4)24-26(3)6-2/h26-27H,5-25H2,1-4H3/t26-,27-/m0/s1. The van der Waals surface area contributed by atoms with Crippen LogP contribution in [0.2, 0.25) is 0 Å². The first-order chi connectivity index (χ1) is 14.6. The van der Waals surface area contributed by atoms with Gasteiger partial charge in [-0.1, -0.05) is 137 Å². The molecule has 0 rings (SSSR count). The summed E-state index contributed by atoms with van der Waals surface area (Å²) in [6, 6.07) is 0. The fraction of sp³-hybridized carbons (Fsp3) is 0.964. The van der Waals surface area contributed by atoms with Crippen molar-refractivity contribution in [1.82, 2.24) is 0 Å². The maximum atomic E-state index is 11.8. The fourth-order valence-electron chi connectivity index (χ4n) is 4.22. The second kappa shape index (κ2) is 23.1. The predicted octanol–water partition coefficient (Wildman–Crippen LogP) is 9.64. The molecule has 0 heterocycles. The van der Waals surface area contributed by atoms with E-state index in [1.807, 2.05) is 0 Å². The minimum atomic E-state index is 0.00645. The third kappa shape index (κ3) is 22.2. The first-order valence-electron chi connectivity index (χ1n) is 13.8. The van der Waals surface area contributed by atoms with Crippen LogP contribution in [0.5, 0.6) is 0 Å².